The Balaban J connectivity index is 1.27. The van der Waals surface area contributed by atoms with Crippen molar-refractivity contribution in [2.45, 2.75) is 44.1 Å². The van der Waals surface area contributed by atoms with Crippen molar-refractivity contribution in [1.29, 1.82) is 0 Å². The molecule has 5 heteroatoms. The van der Waals surface area contributed by atoms with Gasteiger partial charge in [-0.3, -0.25) is 0 Å². The molecule has 0 spiro atoms. The van der Waals surface area contributed by atoms with Crippen molar-refractivity contribution in [3.63, 3.8) is 0 Å². The molecule has 5 nitrogen and oxygen atoms in total. The molecule has 0 saturated carbocycles. The first-order valence-corrected chi connectivity index (χ1v) is 11.6. The number of fused-ring (bicyclic) bond motifs is 4. The van der Waals surface area contributed by atoms with Gasteiger partial charge in [0.1, 0.15) is 12.6 Å². The van der Waals surface area contributed by atoms with Gasteiger partial charge in [0, 0.05) is 12.3 Å². The molecule has 0 aliphatic heterocycles. The molecular formula is C28H27NO4. The number of carbonyl (C=O) groups excluding carboxylic acids is 1. The van der Waals surface area contributed by atoms with E-state index in [2.05, 4.69) is 35.6 Å². The number of ether oxygens (including phenoxy) is 1. The molecule has 2 N–H and O–H groups in total. The van der Waals surface area contributed by atoms with Crippen LogP contribution < -0.4 is 5.32 Å². The number of aliphatic carboxylic acids is 1. The average Bonchev–Trinajstić information content (AvgIpc) is 3.16. The van der Waals surface area contributed by atoms with Crippen molar-refractivity contribution < 1.29 is 19.4 Å². The first-order valence-electron chi connectivity index (χ1n) is 11.6. The summed E-state index contributed by atoms with van der Waals surface area (Å²) in [5.74, 6) is -1.12. The number of carboxylic acids is 1. The van der Waals surface area contributed by atoms with Gasteiger partial charge in [-0.2, -0.15) is 0 Å². The van der Waals surface area contributed by atoms with E-state index in [4.69, 9.17) is 4.74 Å². The molecule has 1 atom stereocenters. The minimum atomic E-state index is -1.06. The molecule has 3 aromatic carbocycles. The fourth-order valence-corrected chi connectivity index (χ4v) is 5.25. The highest BCUT2D eigenvalue weighted by Crippen LogP contribution is 2.44. The second kappa shape index (κ2) is 9.10. The summed E-state index contributed by atoms with van der Waals surface area (Å²) in [5.41, 5.74) is 8.08. The number of amides is 1. The third kappa shape index (κ3) is 4.23. The fourth-order valence-electron chi connectivity index (χ4n) is 5.25. The van der Waals surface area contributed by atoms with Crippen molar-refractivity contribution in [3.05, 3.63) is 94.5 Å². The first kappa shape index (κ1) is 21.3. The van der Waals surface area contributed by atoms with Gasteiger partial charge in [-0.05, 0) is 64.6 Å². The van der Waals surface area contributed by atoms with Gasteiger partial charge in [0.2, 0.25) is 0 Å². The Labute approximate surface area is 193 Å². The molecule has 2 aliphatic carbocycles. The van der Waals surface area contributed by atoms with Crippen molar-refractivity contribution in [2.75, 3.05) is 6.61 Å². The van der Waals surface area contributed by atoms with Crippen LogP contribution in [0.3, 0.4) is 0 Å². The van der Waals surface area contributed by atoms with E-state index < -0.39 is 18.1 Å². The molecule has 0 saturated heterocycles. The zero-order valence-corrected chi connectivity index (χ0v) is 18.4. The van der Waals surface area contributed by atoms with E-state index in [0.717, 1.165) is 53.5 Å². The van der Waals surface area contributed by atoms with Crippen molar-refractivity contribution in [2.24, 2.45) is 0 Å². The molecule has 33 heavy (non-hydrogen) atoms. The van der Waals surface area contributed by atoms with Gasteiger partial charge in [-0.25, -0.2) is 9.59 Å². The van der Waals surface area contributed by atoms with Crippen LogP contribution in [0.25, 0.3) is 11.1 Å². The fraction of sp³-hybridized carbons (Fsp3) is 0.286. The lowest BCUT2D eigenvalue weighted by Crippen LogP contribution is -2.43. The number of carbonyl (C=O) groups is 2. The third-order valence-corrected chi connectivity index (χ3v) is 6.85. The Kier molecular flexibility index (Phi) is 5.86. The first-order chi connectivity index (χ1) is 16.1. The molecule has 168 valence electrons. The Morgan fingerprint density at radius 2 is 1.58 bits per heavy atom. The number of nitrogens with one attached hydrogen (secondary N) is 1. The van der Waals surface area contributed by atoms with Crippen molar-refractivity contribution in [3.8, 4) is 11.1 Å². The number of aryl methyl sites for hydroxylation is 1. The molecule has 0 unspecified atom stereocenters. The number of benzene rings is 3. The summed E-state index contributed by atoms with van der Waals surface area (Å²) in [6, 6.07) is 21.3. The van der Waals surface area contributed by atoms with Gasteiger partial charge in [0.05, 0.1) is 0 Å². The highest BCUT2D eigenvalue weighted by atomic mass is 16.5. The summed E-state index contributed by atoms with van der Waals surface area (Å²) in [4.78, 5) is 24.5. The van der Waals surface area contributed by atoms with Crippen LogP contribution in [0.2, 0.25) is 0 Å². The number of rotatable bonds is 6. The molecule has 0 aromatic heterocycles. The minimum absolute atomic E-state index is 0.0624. The average molecular weight is 442 g/mol. The molecule has 1 amide bonds. The molecule has 0 fully saturated rings. The van der Waals surface area contributed by atoms with Gasteiger partial charge in [-0.1, -0.05) is 66.7 Å². The van der Waals surface area contributed by atoms with Crippen LogP contribution in [0.5, 0.6) is 0 Å². The lowest BCUT2D eigenvalue weighted by molar-refractivity contribution is -0.139. The maximum Gasteiger partial charge on any atom is 0.407 e. The number of hydrogen-bond donors (Lipinski definition) is 2. The van der Waals surface area contributed by atoms with Crippen LogP contribution in [-0.4, -0.2) is 29.8 Å². The van der Waals surface area contributed by atoms with E-state index in [-0.39, 0.29) is 18.9 Å². The van der Waals surface area contributed by atoms with E-state index in [0.29, 0.717) is 0 Å². The summed E-state index contributed by atoms with van der Waals surface area (Å²) in [6.45, 7) is 0.160. The Morgan fingerprint density at radius 1 is 0.909 bits per heavy atom. The Morgan fingerprint density at radius 3 is 2.27 bits per heavy atom. The van der Waals surface area contributed by atoms with Crippen LogP contribution in [0, 0.1) is 0 Å². The van der Waals surface area contributed by atoms with Crippen LogP contribution in [0.4, 0.5) is 4.79 Å². The summed E-state index contributed by atoms with van der Waals surface area (Å²) in [6.07, 6.45) is 3.82. The highest BCUT2D eigenvalue weighted by molar-refractivity contribution is 5.81. The minimum Gasteiger partial charge on any atom is -0.480 e. The molecule has 0 heterocycles. The zero-order valence-electron chi connectivity index (χ0n) is 18.4. The topological polar surface area (TPSA) is 75.6 Å². The van der Waals surface area contributed by atoms with Crippen LogP contribution >= 0.6 is 0 Å². The molecule has 3 aromatic rings. The van der Waals surface area contributed by atoms with Gasteiger partial charge in [-0.15, -0.1) is 0 Å². The highest BCUT2D eigenvalue weighted by Gasteiger charge is 2.30. The second-order valence-electron chi connectivity index (χ2n) is 8.83. The van der Waals surface area contributed by atoms with Crippen LogP contribution in [0.15, 0.2) is 66.7 Å². The molecular weight excluding hydrogens is 414 g/mol. The quantitative estimate of drug-likeness (QED) is 0.558. The van der Waals surface area contributed by atoms with Crippen molar-refractivity contribution in [1.82, 2.24) is 5.32 Å². The lowest BCUT2D eigenvalue weighted by Gasteiger charge is -2.22. The predicted octanol–water partition coefficient (Wildman–Crippen LogP) is 5.10. The summed E-state index contributed by atoms with van der Waals surface area (Å²) < 4.78 is 5.56. The van der Waals surface area contributed by atoms with Crippen LogP contribution in [0.1, 0.15) is 46.6 Å². The van der Waals surface area contributed by atoms with E-state index >= 15 is 0 Å². The van der Waals surface area contributed by atoms with E-state index in [1.165, 1.54) is 11.1 Å². The van der Waals surface area contributed by atoms with Crippen LogP contribution in [-0.2, 0) is 28.8 Å². The van der Waals surface area contributed by atoms with Gasteiger partial charge in [0.25, 0.3) is 0 Å². The maximum atomic E-state index is 12.6. The van der Waals surface area contributed by atoms with Gasteiger partial charge in [0.15, 0.2) is 0 Å². The Bertz CT molecular complexity index is 1160. The SMILES string of the molecule is O=C(N[C@H](Cc1cccc2c1CCCC2)C(=O)O)OCC1c2ccccc2-c2ccccc21. The number of alkyl carbamates (subject to hydrolysis) is 1. The smallest absolute Gasteiger partial charge is 0.407 e. The zero-order chi connectivity index (χ0) is 22.8. The van der Waals surface area contributed by atoms with E-state index in [1.807, 2.05) is 36.4 Å². The van der Waals surface area contributed by atoms with Gasteiger partial charge < -0.3 is 15.2 Å². The third-order valence-electron chi connectivity index (χ3n) is 6.85. The Hall–Kier alpha value is -3.60. The van der Waals surface area contributed by atoms with E-state index in [9.17, 15) is 14.7 Å². The molecule has 0 radical (unpaired) electrons. The summed E-state index contributed by atoms with van der Waals surface area (Å²) >= 11 is 0. The van der Waals surface area contributed by atoms with Gasteiger partial charge >= 0.3 is 12.1 Å². The second-order valence-corrected chi connectivity index (χ2v) is 8.83. The summed E-state index contributed by atoms with van der Waals surface area (Å²) in [5, 5.41) is 12.3. The molecule has 2 aliphatic rings. The molecule has 5 rings (SSSR count). The largest absolute Gasteiger partial charge is 0.480 e. The van der Waals surface area contributed by atoms with Crippen molar-refractivity contribution >= 4 is 12.1 Å². The normalized spacial score (nSPS) is 15.2. The van der Waals surface area contributed by atoms with E-state index in [1.54, 1.807) is 0 Å². The predicted molar refractivity (Wildman–Crippen MR) is 126 cm³/mol. The standard InChI is InChI=1S/C28H27NO4/c30-27(31)26(16-19-10-7-9-18-8-1-2-11-20(18)19)29-28(32)33-17-25-23-14-5-3-12-21(23)22-13-4-6-15-24(22)25/h3-7,9-10,12-15,25-26H,1-2,8,11,16-17H2,(H,29,32)(H,30,31)/t26-/m1/s1. The number of hydrogen-bond acceptors (Lipinski definition) is 3. The lowest BCUT2D eigenvalue weighted by atomic mass is 9.86. The summed E-state index contributed by atoms with van der Waals surface area (Å²) in [7, 11) is 0. The maximum absolute atomic E-state index is 12.6. The number of carboxylic acid groups (broad SMARTS) is 1. The monoisotopic (exact) mass is 441 g/mol. The molecule has 0 bridgehead atoms.